The highest BCUT2D eigenvalue weighted by molar-refractivity contribution is 6.44. The van der Waals surface area contributed by atoms with Gasteiger partial charge in [0.2, 0.25) is 0 Å². The monoisotopic (exact) mass is 330 g/mol. The minimum Gasteiger partial charge on any atom is -0.399 e. The molecule has 0 spiro atoms. The zero-order chi connectivity index (χ0) is 16.0. The van der Waals surface area contributed by atoms with E-state index in [4.69, 9.17) is 28.9 Å². The topological polar surface area (TPSA) is 55.1 Å². The van der Waals surface area contributed by atoms with Crippen LogP contribution in [-0.2, 0) is 0 Å². The van der Waals surface area contributed by atoms with Crippen molar-refractivity contribution in [2.24, 2.45) is 5.41 Å². The Morgan fingerprint density at radius 2 is 1.95 bits per heavy atom. The molecule has 0 aliphatic rings. The van der Waals surface area contributed by atoms with Crippen LogP contribution in [0.5, 0.6) is 0 Å². The number of benzene rings is 1. The van der Waals surface area contributed by atoms with Crippen LogP contribution in [0.3, 0.4) is 0 Å². The molecule has 0 heterocycles. The Bertz CT molecular complexity index is 501. The maximum atomic E-state index is 12.2. The number of halogens is 2. The van der Waals surface area contributed by atoms with Gasteiger partial charge in [-0.2, -0.15) is 0 Å². The largest absolute Gasteiger partial charge is 0.399 e. The second-order valence-electron chi connectivity index (χ2n) is 6.17. The molecule has 0 fully saturated rings. The van der Waals surface area contributed by atoms with Crippen molar-refractivity contribution in [2.45, 2.75) is 46.5 Å². The Labute approximate surface area is 137 Å². The lowest BCUT2D eigenvalue weighted by atomic mass is 9.87. The molecule has 0 aliphatic carbocycles. The number of amides is 1. The number of hydrogen-bond donors (Lipinski definition) is 2. The predicted octanol–water partition coefficient (Wildman–Crippen LogP) is 4.91. The average Bonchev–Trinajstić information content (AvgIpc) is 2.40. The van der Waals surface area contributed by atoms with Gasteiger partial charge in [0, 0.05) is 12.2 Å². The van der Waals surface area contributed by atoms with Gasteiger partial charge in [-0.05, 0) is 24.0 Å². The van der Waals surface area contributed by atoms with Crippen LogP contribution >= 0.6 is 23.2 Å². The second kappa shape index (κ2) is 7.90. The minimum absolute atomic E-state index is 0.0570. The molecule has 0 atom stereocenters. The van der Waals surface area contributed by atoms with Crippen LogP contribution in [0.2, 0.25) is 10.0 Å². The summed E-state index contributed by atoms with van der Waals surface area (Å²) in [6, 6.07) is 3.09. The first-order chi connectivity index (χ1) is 9.76. The van der Waals surface area contributed by atoms with Gasteiger partial charge in [-0.25, -0.2) is 0 Å². The van der Waals surface area contributed by atoms with E-state index in [0.29, 0.717) is 22.8 Å². The van der Waals surface area contributed by atoms with Crippen molar-refractivity contribution in [3.63, 3.8) is 0 Å². The number of nitrogen functional groups attached to an aromatic ring is 1. The molecule has 1 aromatic carbocycles. The normalized spacial score (nSPS) is 11.5. The van der Waals surface area contributed by atoms with Gasteiger partial charge in [-0.1, -0.05) is 63.2 Å². The molecule has 118 valence electrons. The maximum Gasteiger partial charge on any atom is 0.252 e. The van der Waals surface area contributed by atoms with Crippen LogP contribution in [-0.4, -0.2) is 12.5 Å². The molecule has 1 amide bonds. The number of hydrogen-bond acceptors (Lipinski definition) is 2. The molecular weight excluding hydrogens is 307 g/mol. The molecule has 0 saturated carbocycles. The third kappa shape index (κ3) is 5.76. The highest BCUT2D eigenvalue weighted by Gasteiger charge is 2.20. The summed E-state index contributed by atoms with van der Waals surface area (Å²) in [5.41, 5.74) is 6.52. The summed E-state index contributed by atoms with van der Waals surface area (Å²) < 4.78 is 0. The van der Waals surface area contributed by atoms with Gasteiger partial charge < -0.3 is 11.1 Å². The van der Waals surface area contributed by atoms with Crippen LogP contribution < -0.4 is 11.1 Å². The summed E-state index contributed by atoms with van der Waals surface area (Å²) >= 11 is 12.0. The number of unbranched alkanes of at least 4 members (excludes halogenated alkanes) is 2. The van der Waals surface area contributed by atoms with Crippen molar-refractivity contribution in [3.8, 4) is 0 Å². The van der Waals surface area contributed by atoms with E-state index in [1.54, 1.807) is 6.07 Å². The maximum absolute atomic E-state index is 12.2. The molecule has 0 radical (unpaired) electrons. The third-order valence-corrected chi connectivity index (χ3v) is 4.28. The van der Waals surface area contributed by atoms with Gasteiger partial charge in [0.25, 0.3) is 5.91 Å². The Balaban J connectivity index is 2.66. The Kier molecular flexibility index (Phi) is 6.82. The summed E-state index contributed by atoms with van der Waals surface area (Å²) in [6.45, 7) is 7.08. The zero-order valence-electron chi connectivity index (χ0n) is 12.9. The van der Waals surface area contributed by atoms with Crippen molar-refractivity contribution in [3.05, 3.63) is 27.7 Å². The lowest BCUT2D eigenvalue weighted by Crippen LogP contribution is -2.34. The molecule has 21 heavy (non-hydrogen) atoms. The molecule has 0 aromatic heterocycles. The number of anilines is 1. The van der Waals surface area contributed by atoms with Gasteiger partial charge in [-0.3, -0.25) is 4.79 Å². The fourth-order valence-electron chi connectivity index (χ4n) is 2.13. The quantitative estimate of drug-likeness (QED) is 0.551. The van der Waals surface area contributed by atoms with Crippen molar-refractivity contribution in [1.82, 2.24) is 5.32 Å². The Morgan fingerprint density at radius 1 is 1.29 bits per heavy atom. The molecule has 1 rings (SSSR count). The predicted molar refractivity (Wildman–Crippen MR) is 91.1 cm³/mol. The van der Waals surface area contributed by atoms with E-state index in [1.165, 1.54) is 25.3 Å². The summed E-state index contributed by atoms with van der Waals surface area (Å²) in [5.74, 6) is -0.238. The summed E-state index contributed by atoms with van der Waals surface area (Å²) in [4.78, 5) is 12.2. The molecule has 0 unspecified atom stereocenters. The van der Waals surface area contributed by atoms with Gasteiger partial charge in [0.1, 0.15) is 0 Å². The van der Waals surface area contributed by atoms with E-state index in [-0.39, 0.29) is 16.3 Å². The first kappa shape index (κ1) is 18.1. The molecule has 5 heteroatoms. The molecule has 0 saturated heterocycles. The number of nitrogens with one attached hydrogen (secondary N) is 1. The Hall–Kier alpha value is -0.930. The molecule has 3 nitrogen and oxygen atoms in total. The van der Waals surface area contributed by atoms with E-state index in [9.17, 15) is 4.79 Å². The van der Waals surface area contributed by atoms with Crippen molar-refractivity contribution in [1.29, 1.82) is 0 Å². The lowest BCUT2D eigenvalue weighted by molar-refractivity contribution is 0.0934. The van der Waals surface area contributed by atoms with Gasteiger partial charge in [-0.15, -0.1) is 0 Å². The fourth-order valence-corrected chi connectivity index (χ4v) is 2.55. The average molecular weight is 331 g/mol. The van der Waals surface area contributed by atoms with Gasteiger partial charge in [0.05, 0.1) is 15.6 Å². The first-order valence-corrected chi connectivity index (χ1v) is 8.05. The van der Waals surface area contributed by atoms with Crippen LogP contribution in [0.15, 0.2) is 12.1 Å². The summed E-state index contributed by atoms with van der Waals surface area (Å²) in [5, 5.41) is 3.46. The van der Waals surface area contributed by atoms with Crippen molar-refractivity contribution >= 4 is 34.8 Å². The Morgan fingerprint density at radius 3 is 2.57 bits per heavy atom. The van der Waals surface area contributed by atoms with E-state index in [0.717, 1.165) is 6.42 Å². The molecule has 0 aliphatic heterocycles. The molecule has 0 bridgehead atoms. The SMILES string of the molecule is CCCCCC(C)(C)CNC(=O)c1cc(N)cc(Cl)c1Cl. The van der Waals surface area contributed by atoms with Crippen LogP contribution in [0, 0.1) is 5.41 Å². The van der Waals surface area contributed by atoms with E-state index < -0.39 is 0 Å². The smallest absolute Gasteiger partial charge is 0.252 e. The number of nitrogens with two attached hydrogens (primary N) is 1. The second-order valence-corrected chi connectivity index (χ2v) is 6.95. The van der Waals surface area contributed by atoms with E-state index in [1.807, 2.05) is 0 Å². The first-order valence-electron chi connectivity index (χ1n) is 7.29. The highest BCUT2D eigenvalue weighted by Crippen LogP contribution is 2.29. The lowest BCUT2D eigenvalue weighted by Gasteiger charge is -2.25. The van der Waals surface area contributed by atoms with Crippen LogP contribution in [0.1, 0.15) is 56.8 Å². The van der Waals surface area contributed by atoms with E-state index >= 15 is 0 Å². The van der Waals surface area contributed by atoms with Crippen molar-refractivity contribution in [2.75, 3.05) is 12.3 Å². The third-order valence-electron chi connectivity index (χ3n) is 3.48. The zero-order valence-corrected chi connectivity index (χ0v) is 14.4. The number of rotatable bonds is 7. The highest BCUT2D eigenvalue weighted by atomic mass is 35.5. The van der Waals surface area contributed by atoms with Crippen LogP contribution in [0.25, 0.3) is 0 Å². The van der Waals surface area contributed by atoms with Gasteiger partial charge >= 0.3 is 0 Å². The summed E-state index contributed by atoms with van der Waals surface area (Å²) in [7, 11) is 0. The standard InChI is InChI=1S/C16H24Cl2N2O/c1-4-5-6-7-16(2,3)10-20-15(21)12-8-11(19)9-13(17)14(12)18/h8-9H,4-7,10,19H2,1-3H3,(H,20,21). The fraction of sp³-hybridized carbons (Fsp3) is 0.562. The number of carbonyl (C=O) groups is 1. The van der Waals surface area contributed by atoms with Gasteiger partial charge in [0.15, 0.2) is 0 Å². The molecule has 1 aromatic rings. The number of carbonyl (C=O) groups excluding carboxylic acids is 1. The van der Waals surface area contributed by atoms with Crippen LogP contribution in [0.4, 0.5) is 5.69 Å². The minimum atomic E-state index is -0.238. The summed E-state index contributed by atoms with van der Waals surface area (Å²) in [6.07, 6.45) is 4.66. The molecule has 3 N–H and O–H groups in total. The van der Waals surface area contributed by atoms with Crippen molar-refractivity contribution < 1.29 is 4.79 Å². The van der Waals surface area contributed by atoms with E-state index in [2.05, 4.69) is 26.1 Å². The molecular formula is C16H24Cl2N2O.